The Morgan fingerprint density at radius 2 is 2.00 bits per heavy atom. The van der Waals surface area contributed by atoms with Crippen LogP contribution in [0.2, 0.25) is 0 Å². The monoisotopic (exact) mass is 182 g/mol. The highest BCUT2D eigenvalue weighted by Gasteiger charge is 2.39. The van der Waals surface area contributed by atoms with Crippen molar-refractivity contribution in [3.05, 3.63) is 23.8 Å². The summed E-state index contributed by atoms with van der Waals surface area (Å²) in [7, 11) is 0. The van der Waals surface area contributed by atoms with Gasteiger partial charge in [0.1, 0.15) is 11.9 Å². The molecule has 0 radical (unpaired) electrons. The molecule has 1 atom stereocenters. The predicted molar refractivity (Wildman–Crippen MR) is 33.7 cm³/mol. The smallest absolute Gasteiger partial charge is 0.361 e. The van der Waals surface area contributed by atoms with Crippen LogP contribution in [0, 0.1) is 5.82 Å². The number of alkyl halides is 3. The molecule has 0 amide bonds. The molecular formula is C6H6F4N2. The number of hydrogen-bond acceptors (Lipinski definition) is 1. The van der Waals surface area contributed by atoms with E-state index in [0.29, 0.717) is 0 Å². The molecule has 1 rings (SSSR count). The summed E-state index contributed by atoms with van der Waals surface area (Å²) in [6.45, 7) is 0. The Morgan fingerprint density at radius 1 is 1.42 bits per heavy atom. The lowest BCUT2D eigenvalue weighted by Gasteiger charge is -2.13. The minimum absolute atomic E-state index is 0.637. The van der Waals surface area contributed by atoms with E-state index < -0.39 is 23.7 Å². The van der Waals surface area contributed by atoms with Crippen LogP contribution in [0.1, 0.15) is 11.7 Å². The van der Waals surface area contributed by atoms with E-state index in [0.717, 1.165) is 12.3 Å². The van der Waals surface area contributed by atoms with Crippen LogP contribution < -0.4 is 5.73 Å². The Balaban J connectivity index is 2.92. The van der Waals surface area contributed by atoms with Gasteiger partial charge in [-0.1, -0.05) is 0 Å². The zero-order chi connectivity index (χ0) is 9.35. The van der Waals surface area contributed by atoms with Crippen LogP contribution in [0.3, 0.4) is 0 Å². The van der Waals surface area contributed by atoms with Crippen LogP contribution in [-0.4, -0.2) is 11.2 Å². The fourth-order valence-electron chi connectivity index (χ4n) is 0.765. The number of nitrogens with two attached hydrogens (primary N) is 1. The largest absolute Gasteiger partial charge is 0.409 e. The first-order chi connectivity index (χ1) is 5.43. The Bertz CT molecular complexity index is 265. The number of H-pyrrole nitrogens is 1. The maximum atomic E-state index is 12.5. The predicted octanol–water partition coefficient (Wildman–Crippen LogP) is 1.72. The molecule has 0 fully saturated rings. The van der Waals surface area contributed by atoms with Crippen LogP contribution >= 0.6 is 0 Å². The van der Waals surface area contributed by atoms with Crippen molar-refractivity contribution in [2.45, 2.75) is 12.2 Å². The summed E-state index contributed by atoms with van der Waals surface area (Å²) in [5.74, 6) is -0.972. The first-order valence-electron chi connectivity index (χ1n) is 3.08. The second kappa shape index (κ2) is 2.78. The summed E-state index contributed by atoms with van der Waals surface area (Å²) >= 11 is 0. The van der Waals surface area contributed by atoms with Crippen molar-refractivity contribution in [1.82, 2.24) is 4.98 Å². The van der Waals surface area contributed by atoms with Gasteiger partial charge in [0, 0.05) is 6.20 Å². The number of aromatic amines is 1. The second-order valence-electron chi connectivity index (χ2n) is 2.26. The number of aromatic nitrogens is 1. The third kappa shape index (κ3) is 1.58. The van der Waals surface area contributed by atoms with E-state index in [1.165, 1.54) is 0 Å². The molecule has 6 heteroatoms. The highest BCUT2D eigenvalue weighted by Crippen LogP contribution is 2.30. The van der Waals surface area contributed by atoms with E-state index in [-0.39, 0.29) is 0 Å². The molecule has 0 aliphatic rings. The number of rotatable bonds is 1. The molecule has 12 heavy (non-hydrogen) atoms. The molecule has 0 saturated heterocycles. The first-order valence-corrected chi connectivity index (χ1v) is 3.08. The molecule has 0 spiro atoms. The fourth-order valence-corrected chi connectivity index (χ4v) is 0.765. The number of hydrogen-bond donors (Lipinski definition) is 2. The quantitative estimate of drug-likeness (QED) is 0.638. The number of nitrogens with one attached hydrogen (secondary N) is 1. The molecular weight excluding hydrogens is 176 g/mol. The molecule has 0 unspecified atom stereocenters. The van der Waals surface area contributed by atoms with Crippen LogP contribution in [0.4, 0.5) is 17.6 Å². The highest BCUT2D eigenvalue weighted by atomic mass is 19.4. The summed E-state index contributed by atoms with van der Waals surface area (Å²) in [5, 5.41) is 0. The van der Waals surface area contributed by atoms with Crippen molar-refractivity contribution < 1.29 is 17.6 Å². The normalized spacial score (nSPS) is 14.8. The van der Waals surface area contributed by atoms with Gasteiger partial charge in [-0.2, -0.15) is 13.2 Å². The van der Waals surface area contributed by atoms with Crippen LogP contribution in [0.15, 0.2) is 12.3 Å². The second-order valence-corrected chi connectivity index (χ2v) is 2.26. The van der Waals surface area contributed by atoms with Crippen LogP contribution in [0.25, 0.3) is 0 Å². The van der Waals surface area contributed by atoms with Gasteiger partial charge in [-0.15, -0.1) is 0 Å². The summed E-state index contributed by atoms with van der Waals surface area (Å²) in [5.41, 5.74) is 4.08. The molecule has 0 aliphatic carbocycles. The molecule has 0 bridgehead atoms. The number of halogens is 4. The van der Waals surface area contributed by atoms with Crippen LogP contribution in [-0.2, 0) is 0 Å². The lowest BCUT2D eigenvalue weighted by Crippen LogP contribution is -2.29. The summed E-state index contributed by atoms with van der Waals surface area (Å²) in [6, 6.07) is -1.39. The van der Waals surface area contributed by atoms with Crippen molar-refractivity contribution in [3.63, 3.8) is 0 Å². The minimum atomic E-state index is -4.62. The molecule has 0 saturated carbocycles. The Morgan fingerprint density at radius 3 is 2.33 bits per heavy atom. The fraction of sp³-hybridized carbons (Fsp3) is 0.333. The van der Waals surface area contributed by atoms with Crippen molar-refractivity contribution in [1.29, 1.82) is 0 Å². The molecule has 2 nitrogen and oxygen atoms in total. The van der Waals surface area contributed by atoms with E-state index in [1.54, 1.807) is 0 Å². The molecule has 0 aliphatic heterocycles. The molecule has 0 aromatic carbocycles. The average molecular weight is 182 g/mol. The average Bonchev–Trinajstić information content (AvgIpc) is 2.31. The standard InChI is InChI=1S/C6H6F4N2/c7-3-1-2-12-4(3)5(11)6(8,9)10/h1-2,5,12H,11H2/t5-/m1/s1. The van der Waals surface area contributed by atoms with Crippen molar-refractivity contribution >= 4 is 0 Å². The third-order valence-corrected chi connectivity index (χ3v) is 1.39. The van der Waals surface area contributed by atoms with Gasteiger partial charge < -0.3 is 10.7 Å². The zero-order valence-corrected chi connectivity index (χ0v) is 5.82. The van der Waals surface area contributed by atoms with Gasteiger partial charge in [-0.05, 0) is 6.07 Å². The lowest BCUT2D eigenvalue weighted by atomic mass is 10.2. The first kappa shape index (κ1) is 9.05. The Kier molecular flexibility index (Phi) is 2.10. The van der Waals surface area contributed by atoms with E-state index >= 15 is 0 Å². The van der Waals surface area contributed by atoms with E-state index in [4.69, 9.17) is 5.73 Å². The summed E-state index contributed by atoms with van der Waals surface area (Å²) < 4.78 is 48.2. The topological polar surface area (TPSA) is 41.8 Å². The Labute approximate surface area is 65.4 Å². The van der Waals surface area contributed by atoms with Crippen LogP contribution in [0.5, 0.6) is 0 Å². The third-order valence-electron chi connectivity index (χ3n) is 1.39. The van der Waals surface area contributed by atoms with E-state index in [1.807, 2.05) is 0 Å². The van der Waals surface area contributed by atoms with Crippen molar-refractivity contribution in [2.75, 3.05) is 0 Å². The van der Waals surface area contributed by atoms with Gasteiger partial charge in [-0.3, -0.25) is 0 Å². The molecule has 1 aromatic heterocycles. The minimum Gasteiger partial charge on any atom is -0.361 e. The van der Waals surface area contributed by atoms with E-state index in [2.05, 4.69) is 4.98 Å². The van der Waals surface area contributed by atoms with Gasteiger partial charge in [0.05, 0.1) is 5.69 Å². The van der Waals surface area contributed by atoms with Crippen molar-refractivity contribution in [2.24, 2.45) is 5.73 Å². The molecule has 68 valence electrons. The van der Waals surface area contributed by atoms with Gasteiger partial charge in [0.15, 0.2) is 0 Å². The molecule has 1 heterocycles. The Hall–Kier alpha value is -1.04. The lowest BCUT2D eigenvalue weighted by molar-refractivity contribution is -0.150. The highest BCUT2D eigenvalue weighted by molar-refractivity contribution is 5.13. The summed E-state index contributed by atoms with van der Waals surface area (Å²) in [6.07, 6.45) is -3.55. The SMILES string of the molecule is N[C@H](c1[nH]ccc1F)C(F)(F)F. The molecule has 3 N–H and O–H groups in total. The van der Waals surface area contributed by atoms with E-state index in [9.17, 15) is 17.6 Å². The zero-order valence-electron chi connectivity index (χ0n) is 5.82. The maximum absolute atomic E-state index is 12.5. The maximum Gasteiger partial charge on any atom is 0.409 e. The van der Waals surface area contributed by atoms with Gasteiger partial charge >= 0.3 is 6.18 Å². The van der Waals surface area contributed by atoms with Gasteiger partial charge in [0.2, 0.25) is 0 Å². The van der Waals surface area contributed by atoms with Crippen molar-refractivity contribution in [3.8, 4) is 0 Å². The summed E-state index contributed by atoms with van der Waals surface area (Å²) in [4.78, 5) is 2.09. The van der Waals surface area contributed by atoms with Gasteiger partial charge in [0.25, 0.3) is 0 Å². The van der Waals surface area contributed by atoms with Gasteiger partial charge in [-0.25, -0.2) is 4.39 Å². The molecule has 1 aromatic rings.